The van der Waals surface area contributed by atoms with Crippen LogP contribution in [0.1, 0.15) is 26.0 Å². The van der Waals surface area contributed by atoms with Crippen molar-refractivity contribution >= 4 is 17.5 Å². The van der Waals surface area contributed by atoms with Crippen LogP contribution in [0.5, 0.6) is 0 Å². The monoisotopic (exact) mass is 289 g/mol. The fourth-order valence-electron chi connectivity index (χ4n) is 2.18. The number of amides is 1. The summed E-state index contributed by atoms with van der Waals surface area (Å²) in [5, 5.41) is 11.7. The van der Waals surface area contributed by atoms with E-state index in [9.17, 15) is 9.59 Å². The third-order valence-corrected chi connectivity index (χ3v) is 3.10. The van der Waals surface area contributed by atoms with Gasteiger partial charge in [0, 0.05) is 12.4 Å². The van der Waals surface area contributed by atoms with Crippen LogP contribution in [-0.4, -0.2) is 32.4 Å². The van der Waals surface area contributed by atoms with Gasteiger partial charge >= 0.3 is 5.97 Å². The SMILES string of the molecule is CC(C)C[C@H](NC(=O)Cc1cn2ccccc2n1)C(=O)O. The van der Waals surface area contributed by atoms with E-state index in [-0.39, 0.29) is 18.2 Å². The van der Waals surface area contributed by atoms with E-state index in [4.69, 9.17) is 5.11 Å². The molecule has 21 heavy (non-hydrogen) atoms. The van der Waals surface area contributed by atoms with Gasteiger partial charge in [-0.05, 0) is 24.5 Å². The molecule has 0 saturated carbocycles. The predicted octanol–water partition coefficient (Wildman–Crippen LogP) is 1.49. The summed E-state index contributed by atoms with van der Waals surface area (Å²) in [5.41, 5.74) is 1.38. The lowest BCUT2D eigenvalue weighted by atomic mass is 10.0. The first-order chi connectivity index (χ1) is 9.95. The normalized spacial score (nSPS) is 12.5. The molecule has 1 amide bonds. The lowest BCUT2D eigenvalue weighted by Gasteiger charge is -2.16. The van der Waals surface area contributed by atoms with E-state index in [1.54, 1.807) is 6.20 Å². The Labute approximate surface area is 122 Å². The van der Waals surface area contributed by atoms with Crippen LogP contribution in [0.4, 0.5) is 0 Å². The van der Waals surface area contributed by atoms with Gasteiger partial charge in [-0.15, -0.1) is 0 Å². The minimum atomic E-state index is -1.01. The minimum Gasteiger partial charge on any atom is -0.480 e. The number of imidazole rings is 1. The summed E-state index contributed by atoms with van der Waals surface area (Å²) in [4.78, 5) is 27.4. The first-order valence-corrected chi connectivity index (χ1v) is 6.90. The van der Waals surface area contributed by atoms with Gasteiger partial charge in [-0.3, -0.25) is 4.79 Å². The average molecular weight is 289 g/mol. The number of pyridine rings is 1. The molecule has 0 fully saturated rings. The van der Waals surface area contributed by atoms with E-state index < -0.39 is 12.0 Å². The number of rotatable bonds is 6. The van der Waals surface area contributed by atoms with Crippen molar-refractivity contribution in [3.63, 3.8) is 0 Å². The van der Waals surface area contributed by atoms with Gasteiger partial charge in [0.05, 0.1) is 12.1 Å². The quantitative estimate of drug-likeness (QED) is 0.844. The molecule has 0 spiro atoms. The highest BCUT2D eigenvalue weighted by atomic mass is 16.4. The summed E-state index contributed by atoms with van der Waals surface area (Å²) < 4.78 is 1.82. The zero-order valence-corrected chi connectivity index (χ0v) is 12.1. The van der Waals surface area contributed by atoms with Crippen molar-refractivity contribution in [2.24, 2.45) is 5.92 Å². The predicted molar refractivity (Wildman–Crippen MR) is 77.9 cm³/mol. The zero-order chi connectivity index (χ0) is 15.4. The number of carboxylic acids is 1. The number of fused-ring (bicyclic) bond motifs is 1. The van der Waals surface area contributed by atoms with Crippen molar-refractivity contribution < 1.29 is 14.7 Å². The number of aliphatic carboxylic acids is 1. The van der Waals surface area contributed by atoms with E-state index in [1.165, 1.54) is 0 Å². The van der Waals surface area contributed by atoms with Crippen molar-refractivity contribution in [2.75, 3.05) is 0 Å². The smallest absolute Gasteiger partial charge is 0.326 e. The number of carbonyl (C=O) groups excluding carboxylic acids is 1. The first-order valence-electron chi connectivity index (χ1n) is 6.90. The van der Waals surface area contributed by atoms with E-state index in [1.807, 2.05) is 42.6 Å². The van der Waals surface area contributed by atoms with Crippen molar-refractivity contribution in [1.82, 2.24) is 14.7 Å². The number of hydrogen-bond acceptors (Lipinski definition) is 3. The molecule has 1 atom stereocenters. The number of carbonyl (C=O) groups is 2. The van der Waals surface area contributed by atoms with Gasteiger partial charge < -0.3 is 14.8 Å². The molecule has 0 radical (unpaired) electrons. The second-order valence-electron chi connectivity index (χ2n) is 5.46. The Morgan fingerprint density at radius 1 is 1.38 bits per heavy atom. The first kappa shape index (κ1) is 15.0. The van der Waals surface area contributed by atoms with E-state index in [0.29, 0.717) is 12.1 Å². The molecule has 6 nitrogen and oxygen atoms in total. The van der Waals surface area contributed by atoms with E-state index in [2.05, 4.69) is 10.3 Å². The second-order valence-corrected chi connectivity index (χ2v) is 5.46. The maximum absolute atomic E-state index is 12.0. The van der Waals surface area contributed by atoms with Gasteiger partial charge in [0.15, 0.2) is 0 Å². The summed E-state index contributed by atoms with van der Waals surface area (Å²) in [6.45, 7) is 3.84. The topological polar surface area (TPSA) is 83.7 Å². The Morgan fingerprint density at radius 2 is 2.14 bits per heavy atom. The van der Waals surface area contributed by atoms with Gasteiger partial charge in [-0.2, -0.15) is 0 Å². The lowest BCUT2D eigenvalue weighted by molar-refractivity contribution is -0.142. The molecule has 2 rings (SSSR count). The molecule has 2 N–H and O–H groups in total. The molecule has 0 aliphatic carbocycles. The van der Waals surface area contributed by atoms with Crippen molar-refractivity contribution in [3.05, 3.63) is 36.3 Å². The minimum absolute atomic E-state index is 0.0730. The number of nitrogens with zero attached hydrogens (tertiary/aromatic N) is 2. The molecular weight excluding hydrogens is 270 g/mol. The molecule has 0 unspecified atom stereocenters. The number of nitrogens with one attached hydrogen (secondary N) is 1. The van der Waals surface area contributed by atoms with Crippen molar-refractivity contribution in [3.8, 4) is 0 Å². The van der Waals surface area contributed by atoms with Crippen molar-refractivity contribution in [2.45, 2.75) is 32.7 Å². The third kappa shape index (κ3) is 4.05. The molecule has 0 aliphatic heterocycles. The molecular formula is C15H19N3O3. The van der Waals surface area contributed by atoms with Crippen molar-refractivity contribution in [1.29, 1.82) is 0 Å². The zero-order valence-electron chi connectivity index (χ0n) is 12.1. The Morgan fingerprint density at radius 3 is 2.76 bits per heavy atom. The van der Waals surface area contributed by atoms with E-state index >= 15 is 0 Å². The highest BCUT2D eigenvalue weighted by molar-refractivity contribution is 5.84. The summed E-state index contributed by atoms with van der Waals surface area (Å²) in [7, 11) is 0. The Balaban J connectivity index is 2.01. The molecule has 0 saturated heterocycles. The van der Waals surface area contributed by atoms with E-state index in [0.717, 1.165) is 5.65 Å². The molecule has 2 aromatic rings. The summed E-state index contributed by atoms with van der Waals surface area (Å²) in [5.74, 6) is -1.14. The maximum atomic E-state index is 12.0. The fraction of sp³-hybridized carbons (Fsp3) is 0.400. The number of carboxylic acid groups (broad SMARTS) is 1. The van der Waals surface area contributed by atoms with Crippen LogP contribution >= 0.6 is 0 Å². The standard InChI is InChI=1S/C15H19N3O3/c1-10(2)7-12(15(20)21)17-14(19)8-11-9-18-6-4-3-5-13(18)16-11/h3-6,9-10,12H,7-8H2,1-2H3,(H,17,19)(H,20,21)/t12-/m0/s1. The highest BCUT2D eigenvalue weighted by Crippen LogP contribution is 2.07. The van der Waals surface area contributed by atoms with Crippen LogP contribution in [0.3, 0.4) is 0 Å². The molecule has 0 aromatic carbocycles. The summed E-state index contributed by atoms with van der Waals surface area (Å²) in [6.07, 6.45) is 4.10. The summed E-state index contributed by atoms with van der Waals surface area (Å²) in [6, 6.07) is 4.74. The summed E-state index contributed by atoms with van der Waals surface area (Å²) >= 11 is 0. The lowest BCUT2D eigenvalue weighted by Crippen LogP contribution is -2.42. The molecule has 2 heterocycles. The average Bonchev–Trinajstić information content (AvgIpc) is 2.79. The number of aromatic nitrogens is 2. The Hall–Kier alpha value is -2.37. The van der Waals surface area contributed by atoms with Gasteiger partial charge in [-0.1, -0.05) is 19.9 Å². The highest BCUT2D eigenvalue weighted by Gasteiger charge is 2.21. The Bertz CT molecular complexity index is 615. The Kier molecular flexibility index (Phi) is 4.57. The molecule has 0 bridgehead atoms. The third-order valence-electron chi connectivity index (χ3n) is 3.10. The largest absolute Gasteiger partial charge is 0.480 e. The van der Waals surface area contributed by atoms with Crippen LogP contribution in [0.25, 0.3) is 5.65 Å². The molecule has 0 aliphatic rings. The maximum Gasteiger partial charge on any atom is 0.326 e. The van der Waals surface area contributed by atoms with Gasteiger partial charge in [0.25, 0.3) is 0 Å². The number of hydrogen-bond donors (Lipinski definition) is 2. The van der Waals surface area contributed by atoms with Gasteiger partial charge in [-0.25, -0.2) is 9.78 Å². The molecule has 112 valence electrons. The molecule has 2 aromatic heterocycles. The second kappa shape index (κ2) is 6.39. The fourth-order valence-corrected chi connectivity index (χ4v) is 2.18. The van der Waals surface area contributed by atoms with Crippen LogP contribution in [0.15, 0.2) is 30.6 Å². The molecule has 6 heteroatoms. The van der Waals surface area contributed by atoms with Crippen LogP contribution in [-0.2, 0) is 16.0 Å². The van der Waals surface area contributed by atoms with Gasteiger partial charge in [0.2, 0.25) is 5.91 Å². The van der Waals surface area contributed by atoms with Crippen LogP contribution in [0, 0.1) is 5.92 Å². The van der Waals surface area contributed by atoms with Crippen LogP contribution in [0.2, 0.25) is 0 Å². The van der Waals surface area contributed by atoms with Gasteiger partial charge in [0.1, 0.15) is 11.7 Å². The van der Waals surface area contributed by atoms with Crippen LogP contribution < -0.4 is 5.32 Å².